The van der Waals surface area contributed by atoms with Crippen molar-refractivity contribution in [3.63, 3.8) is 0 Å². The molecule has 0 unspecified atom stereocenters. The summed E-state index contributed by atoms with van der Waals surface area (Å²) in [6.45, 7) is 2.67. The van der Waals surface area contributed by atoms with E-state index in [9.17, 15) is 5.11 Å². The van der Waals surface area contributed by atoms with E-state index in [1.807, 2.05) is 38.1 Å². The standard InChI is InChI=1S/C13H18N4O/c1-8-4-5-9(10-6-15-16-13(10)14)12(18)11(8)7-17(2)3/h4-6,18H,7H2,1-3H3,(H3,14,15,16). The van der Waals surface area contributed by atoms with Crippen LogP contribution in [0, 0.1) is 6.92 Å². The summed E-state index contributed by atoms with van der Waals surface area (Å²) in [7, 11) is 3.94. The highest BCUT2D eigenvalue weighted by molar-refractivity contribution is 5.79. The second-order valence-corrected chi connectivity index (χ2v) is 4.69. The van der Waals surface area contributed by atoms with Crippen LogP contribution in [0.25, 0.3) is 11.1 Å². The summed E-state index contributed by atoms with van der Waals surface area (Å²) in [6, 6.07) is 3.85. The SMILES string of the molecule is Cc1ccc(-c2cn[nH]c2N)c(O)c1CN(C)C. The minimum atomic E-state index is 0.275. The zero-order valence-corrected chi connectivity index (χ0v) is 10.9. The van der Waals surface area contributed by atoms with Crippen molar-refractivity contribution in [3.05, 3.63) is 29.5 Å². The summed E-state index contributed by atoms with van der Waals surface area (Å²) in [6.07, 6.45) is 1.62. The van der Waals surface area contributed by atoms with E-state index in [0.29, 0.717) is 17.9 Å². The lowest BCUT2D eigenvalue weighted by Gasteiger charge is -2.16. The number of aromatic hydroxyl groups is 1. The molecule has 5 nitrogen and oxygen atoms in total. The number of nitrogens with zero attached hydrogens (tertiary/aromatic N) is 2. The Morgan fingerprint density at radius 2 is 2.06 bits per heavy atom. The molecule has 0 aliphatic rings. The molecule has 0 atom stereocenters. The van der Waals surface area contributed by atoms with E-state index >= 15 is 0 Å². The average molecular weight is 246 g/mol. The minimum Gasteiger partial charge on any atom is -0.507 e. The van der Waals surface area contributed by atoms with Gasteiger partial charge >= 0.3 is 0 Å². The number of hydrogen-bond acceptors (Lipinski definition) is 4. The van der Waals surface area contributed by atoms with Crippen molar-refractivity contribution in [2.45, 2.75) is 13.5 Å². The largest absolute Gasteiger partial charge is 0.507 e. The number of nitrogens with two attached hydrogens (primary N) is 1. The van der Waals surface area contributed by atoms with Gasteiger partial charge in [-0.15, -0.1) is 0 Å². The van der Waals surface area contributed by atoms with E-state index < -0.39 is 0 Å². The van der Waals surface area contributed by atoms with E-state index in [2.05, 4.69) is 10.2 Å². The smallest absolute Gasteiger partial charge is 0.128 e. The van der Waals surface area contributed by atoms with Crippen molar-refractivity contribution in [2.24, 2.45) is 0 Å². The number of hydrogen-bond donors (Lipinski definition) is 3. The van der Waals surface area contributed by atoms with Gasteiger partial charge in [-0.1, -0.05) is 12.1 Å². The third-order valence-corrected chi connectivity index (χ3v) is 2.95. The Bertz CT molecular complexity index is 560. The summed E-state index contributed by atoms with van der Waals surface area (Å²) in [5.41, 5.74) is 9.21. The van der Waals surface area contributed by atoms with Gasteiger partial charge in [-0.05, 0) is 26.6 Å². The first-order valence-corrected chi connectivity index (χ1v) is 5.76. The predicted molar refractivity (Wildman–Crippen MR) is 72.2 cm³/mol. The molecular formula is C13H18N4O. The highest BCUT2D eigenvalue weighted by atomic mass is 16.3. The fourth-order valence-corrected chi connectivity index (χ4v) is 1.98. The zero-order chi connectivity index (χ0) is 13.3. The fraction of sp³-hybridized carbons (Fsp3) is 0.308. The van der Waals surface area contributed by atoms with Crippen LogP contribution in [-0.4, -0.2) is 34.3 Å². The van der Waals surface area contributed by atoms with Crippen LogP contribution in [0.5, 0.6) is 5.75 Å². The second-order valence-electron chi connectivity index (χ2n) is 4.69. The number of rotatable bonds is 3. The van der Waals surface area contributed by atoms with Crippen molar-refractivity contribution < 1.29 is 5.11 Å². The van der Waals surface area contributed by atoms with Crippen LogP contribution < -0.4 is 5.73 Å². The molecule has 2 aromatic rings. The Labute approximate surface area is 106 Å². The number of phenolic OH excluding ortho intramolecular Hbond substituents is 1. The molecule has 0 amide bonds. The van der Waals surface area contributed by atoms with Gasteiger partial charge in [-0.3, -0.25) is 5.10 Å². The Hall–Kier alpha value is -2.01. The van der Waals surface area contributed by atoms with E-state index in [-0.39, 0.29) is 5.75 Å². The average Bonchev–Trinajstić information content (AvgIpc) is 2.71. The summed E-state index contributed by atoms with van der Waals surface area (Å²) in [4.78, 5) is 2.02. The molecule has 0 saturated carbocycles. The number of H-pyrrole nitrogens is 1. The van der Waals surface area contributed by atoms with Crippen LogP contribution >= 0.6 is 0 Å². The van der Waals surface area contributed by atoms with E-state index in [0.717, 1.165) is 16.7 Å². The Balaban J connectivity index is 2.54. The van der Waals surface area contributed by atoms with Crippen molar-refractivity contribution >= 4 is 5.82 Å². The maximum Gasteiger partial charge on any atom is 0.128 e. The lowest BCUT2D eigenvalue weighted by atomic mass is 9.99. The number of phenols is 1. The molecule has 0 aliphatic heterocycles. The molecule has 18 heavy (non-hydrogen) atoms. The molecule has 0 spiro atoms. The monoisotopic (exact) mass is 246 g/mol. The first-order valence-electron chi connectivity index (χ1n) is 5.76. The van der Waals surface area contributed by atoms with Gasteiger partial charge in [-0.2, -0.15) is 5.10 Å². The number of nitrogen functional groups attached to an aromatic ring is 1. The molecule has 0 radical (unpaired) electrons. The molecule has 1 aromatic carbocycles. The summed E-state index contributed by atoms with van der Waals surface area (Å²) in [5.74, 6) is 0.738. The number of anilines is 1. The van der Waals surface area contributed by atoms with Gasteiger partial charge in [-0.25, -0.2) is 0 Å². The van der Waals surface area contributed by atoms with Gasteiger partial charge in [0.25, 0.3) is 0 Å². The van der Waals surface area contributed by atoms with Gasteiger partial charge in [0.05, 0.1) is 6.20 Å². The molecule has 0 bridgehead atoms. The van der Waals surface area contributed by atoms with E-state index in [1.165, 1.54) is 0 Å². The number of aromatic amines is 1. The van der Waals surface area contributed by atoms with Crippen molar-refractivity contribution in [3.8, 4) is 16.9 Å². The van der Waals surface area contributed by atoms with Gasteiger partial charge in [0.1, 0.15) is 11.6 Å². The van der Waals surface area contributed by atoms with Crippen LogP contribution in [0.4, 0.5) is 5.82 Å². The second kappa shape index (κ2) is 4.70. The van der Waals surface area contributed by atoms with Crippen LogP contribution in [0.1, 0.15) is 11.1 Å². The summed E-state index contributed by atoms with van der Waals surface area (Å²) < 4.78 is 0. The minimum absolute atomic E-state index is 0.275. The van der Waals surface area contributed by atoms with Crippen molar-refractivity contribution in [1.29, 1.82) is 0 Å². The van der Waals surface area contributed by atoms with Gasteiger partial charge < -0.3 is 15.7 Å². The maximum absolute atomic E-state index is 10.4. The number of aryl methyl sites for hydroxylation is 1. The highest BCUT2D eigenvalue weighted by Gasteiger charge is 2.15. The Morgan fingerprint density at radius 1 is 1.33 bits per heavy atom. The molecule has 5 heteroatoms. The molecule has 1 heterocycles. The summed E-state index contributed by atoms with van der Waals surface area (Å²) >= 11 is 0. The number of aromatic nitrogens is 2. The third kappa shape index (κ3) is 2.17. The molecule has 2 rings (SSSR count). The fourth-order valence-electron chi connectivity index (χ4n) is 1.98. The van der Waals surface area contributed by atoms with Crippen LogP contribution in [-0.2, 0) is 6.54 Å². The van der Waals surface area contributed by atoms with E-state index in [4.69, 9.17) is 5.73 Å². The van der Waals surface area contributed by atoms with Crippen LogP contribution in [0.15, 0.2) is 18.3 Å². The number of benzene rings is 1. The lowest BCUT2D eigenvalue weighted by molar-refractivity contribution is 0.385. The third-order valence-electron chi connectivity index (χ3n) is 2.95. The lowest BCUT2D eigenvalue weighted by Crippen LogP contribution is -2.12. The quantitative estimate of drug-likeness (QED) is 0.770. The Morgan fingerprint density at radius 3 is 2.61 bits per heavy atom. The number of nitrogens with one attached hydrogen (secondary N) is 1. The van der Waals surface area contributed by atoms with Crippen molar-refractivity contribution in [1.82, 2.24) is 15.1 Å². The van der Waals surface area contributed by atoms with Gasteiger partial charge in [0, 0.05) is 23.2 Å². The van der Waals surface area contributed by atoms with Crippen LogP contribution in [0.3, 0.4) is 0 Å². The molecule has 4 N–H and O–H groups in total. The molecular weight excluding hydrogens is 228 g/mol. The molecule has 0 aliphatic carbocycles. The predicted octanol–water partition coefficient (Wildman–Crippen LogP) is 1.73. The van der Waals surface area contributed by atoms with E-state index in [1.54, 1.807) is 6.20 Å². The van der Waals surface area contributed by atoms with Crippen molar-refractivity contribution in [2.75, 3.05) is 19.8 Å². The van der Waals surface area contributed by atoms with Gasteiger partial charge in [0.2, 0.25) is 0 Å². The molecule has 1 aromatic heterocycles. The molecule has 96 valence electrons. The summed E-state index contributed by atoms with van der Waals surface area (Å²) in [5, 5.41) is 16.9. The maximum atomic E-state index is 10.4. The molecule has 0 fully saturated rings. The first-order chi connectivity index (χ1) is 8.50. The van der Waals surface area contributed by atoms with Gasteiger partial charge in [0.15, 0.2) is 0 Å². The van der Waals surface area contributed by atoms with Crippen LogP contribution in [0.2, 0.25) is 0 Å². The topological polar surface area (TPSA) is 78.2 Å². The Kier molecular flexibility index (Phi) is 3.25. The molecule has 0 saturated heterocycles. The highest BCUT2D eigenvalue weighted by Crippen LogP contribution is 2.36. The normalized spacial score (nSPS) is 11.1. The first kappa shape index (κ1) is 12.4. The zero-order valence-electron chi connectivity index (χ0n) is 10.9.